The molecule has 1 fully saturated rings. The first kappa shape index (κ1) is 23.7. The van der Waals surface area contributed by atoms with Crippen LogP contribution in [0.3, 0.4) is 0 Å². The molecule has 2 aliphatic rings. The molecule has 0 radical (unpaired) electrons. The summed E-state index contributed by atoms with van der Waals surface area (Å²) >= 11 is 3.20. The molecule has 3 heterocycles. The Morgan fingerprint density at radius 2 is 1.88 bits per heavy atom. The van der Waals surface area contributed by atoms with E-state index in [4.69, 9.17) is 0 Å². The van der Waals surface area contributed by atoms with Gasteiger partial charge in [-0.2, -0.15) is 11.8 Å². The van der Waals surface area contributed by atoms with E-state index in [0.29, 0.717) is 49.9 Å². The Balaban J connectivity index is 1.21. The Hall–Kier alpha value is -2.40. The van der Waals surface area contributed by atoms with Crippen molar-refractivity contribution in [1.29, 1.82) is 0 Å². The summed E-state index contributed by atoms with van der Waals surface area (Å²) in [4.78, 5) is 62.0. The molecule has 9 nitrogen and oxygen atoms in total. The molecule has 2 aromatic rings. The molecule has 1 aliphatic heterocycles. The van der Waals surface area contributed by atoms with E-state index in [2.05, 4.69) is 15.3 Å². The summed E-state index contributed by atoms with van der Waals surface area (Å²) < 4.78 is 0. The van der Waals surface area contributed by atoms with E-state index < -0.39 is 11.8 Å². The van der Waals surface area contributed by atoms with Crippen LogP contribution in [-0.4, -0.2) is 75.5 Å². The predicted molar refractivity (Wildman–Crippen MR) is 129 cm³/mol. The number of thioether (sulfide) groups is 1. The number of hydrogen-bond acceptors (Lipinski definition) is 7. The SMILES string of the molecule is CC(C)NC(=O)C(=O)N1CCN(C(=O)CCSCc2nc3sc4c(c3c(=O)[nH]2)CCC4)CC1. The Morgan fingerprint density at radius 3 is 2.61 bits per heavy atom. The number of amides is 3. The van der Waals surface area contributed by atoms with Crippen molar-refractivity contribution in [3.63, 3.8) is 0 Å². The molecule has 0 bridgehead atoms. The fraction of sp³-hybridized carbons (Fsp3) is 0.591. The molecular formula is C22H29N5O4S2. The van der Waals surface area contributed by atoms with Gasteiger partial charge in [0, 0.05) is 49.3 Å². The number of aryl methyl sites for hydroxylation is 2. The monoisotopic (exact) mass is 491 g/mol. The van der Waals surface area contributed by atoms with Crippen LogP contribution in [0.1, 0.15) is 43.0 Å². The Morgan fingerprint density at radius 1 is 1.15 bits per heavy atom. The summed E-state index contributed by atoms with van der Waals surface area (Å²) in [5.41, 5.74) is 1.12. The lowest BCUT2D eigenvalue weighted by molar-refractivity contribution is -0.148. The second kappa shape index (κ2) is 10.3. The number of aromatic amines is 1. The quantitative estimate of drug-likeness (QED) is 0.465. The molecule has 0 unspecified atom stereocenters. The summed E-state index contributed by atoms with van der Waals surface area (Å²) in [6.07, 6.45) is 3.49. The Kier molecular flexibility index (Phi) is 7.38. The second-order valence-electron chi connectivity index (χ2n) is 8.65. The van der Waals surface area contributed by atoms with Crippen molar-refractivity contribution in [2.45, 2.75) is 51.3 Å². The molecule has 4 rings (SSSR count). The van der Waals surface area contributed by atoms with Crippen LogP contribution < -0.4 is 10.9 Å². The molecule has 178 valence electrons. The van der Waals surface area contributed by atoms with Gasteiger partial charge in [-0.15, -0.1) is 11.3 Å². The number of piperazine rings is 1. The van der Waals surface area contributed by atoms with E-state index in [1.807, 2.05) is 0 Å². The number of carbonyl (C=O) groups is 3. The van der Waals surface area contributed by atoms with Gasteiger partial charge in [0.25, 0.3) is 5.56 Å². The third-order valence-electron chi connectivity index (χ3n) is 5.86. The van der Waals surface area contributed by atoms with Gasteiger partial charge in [0.1, 0.15) is 10.7 Å². The number of H-pyrrole nitrogens is 1. The zero-order valence-electron chi connectivity index (χ0n) is 18.9. The number of fused-ring (bicyclic) bond motifs is 3. The number of nitrogens with one attached hydrogen (secondary N) is 2. The lowest BCUT2D eigenvalue weighted by atomic mass is 10.2. The van der Waals surface area contributed by atoms with Crippen LogP contribution in [0, 0.1) is 0 Å². The van der Waals surface area contributed by atoms with Crippen LogP contribution in [-0.2, 0) is 33.0 Å². The van der Waals surface area contributed by atoms with Gasteiger partial charge in [-0.3, -0.25) is 19.2 Å². The van der Waals surface area contributed by atoms with Crippen molar-refractivity contribution in [3.8, 4) is 0 Å². The van der Waals surface area contributed by atoms with Gasteiger partial charge in [-0.1, -0.05) is 0 Å². The van der Waals surface area contributed by atoms with Crippen molar-refractivity contribution in [2.75, 3.05) is 31.9 Å². The van der Waals surface area contributed by atoms with Crippen LogP contribution >= 0.6 is 23.1 Å². The minimum absolute atomic E-state index is 0.0350. The first-order chi connectivity index (χ1) is 15.8. The van der Waals surface area contributed by atoms with Crippen molar-refractivity contribution in [3.05, 3.63) is 26.6 Å². The normalized spacial score (nSPS) is 15.8. The predicted octanol–water partition coefficient (Wildman–Crippen LogP) is 1.29. The van der Waals surface area contributed by atoms with Crippen LogP contribution in [0.5, 0.6) is 0 Å². The van der Waals surface area contributed by atoms with Gasteiger partial charge in [0.15, 0.2) is 0 Å². The van der Waals surface area contributed by atoms with Crippen LogP contribution in [0.15, 0.2) is 4.79 Å². The molecule has 1 saturated heterocycles. The third-order valence-corrected chi connectivity index (χ3v) is 8.01. The first-order valence-corrected chi connectivity index (χ1v) is 13.3. The Bertz CT molecular complexity index is 1120. The molecule has 0 saturated carbocycles. The highest BCUT2D eigenvalue weighted by Gasteiger charge is 2.28. The van der Waals surface area contributed by atoms with E-state index >= 15 is 0 Å². The topological polar surface area (TPSA) is 115 Å². The molecule has 11 heteroatoms. The van der Waals surface area contributed by atoms with Gasteiger partial charge in [0.2, 0.25) is 5.91 Å². The van der Waals surface area contributed by atoms with E-state index in [1.165, 1.54) is 15.3 Å². The first-order valence-electron chi connectivity index (χ1n) is 11.3. The van der Waals surface area contributed by atoms with E-state index in [0.717, 1.165) is 29.5 Å². The highest BCUT2D eigenvalue weighted by atomic mass is 32.2. The molecule has 33 heavy (non-hydrogen) atoms. The standard InChI is InChI=1S/C22H29N5O4S2/c1-13(2)23-20(30)22(31)27-9-7-26(8-10-27)17(28)6-11-32-12-16-24-19(29)18-14-4-3-5-15(14)33-21(18)25-16/h13H,3-12H2,1-2H3,(H,23,30)(H,24,25,29). The summed E-state index contributed by atoms with van der Waals surface area (Å²) in [6, 6.07) is -0.0946. The van der Waals surface area contributed by atoms with Gasteiger partial charge < -0.3 is 20.1 Å². The van der Waals surface area contributed by atoms with Crippen LogP contribution in [0.2, 0.25) is 0 Å². The maximum absolute atomic E-state index is 12.5. The average Bonchev–Trinajstić information content (AvgIpc) is 3.36. The van der Waals surface area contributed by atoms with Crippen LogP contribution in [0.25, 0.3) is 10.2 Å². The van der Waals surface area contributed by atoms with E-state index in [-0.39, 0.29) is 17.5 Å². The minimum Gasteiger partial charge on any atom is -0.346 e. The number of nitrogens with zero attached hydrogens (tertiary/aromatic N) is 3. The third kappa shape index (κ3) is 5.40. The van der Waals surface area contributed by atoms with Gasteiger partial charge in [-0.25, -0.2) is 4.98 Å². The van der Waals surface area contributed by atoms with Gasteiger partial charge in [0.05, 0.1) is 11.1 Å². The van der Waals surface area contributed by atoms with Crippen LogP contribution in [0.4, 0.5) is 0 Å². The molecule has 0 spiro atoms. The summed E-state index contributed by atoms with van der Waals surface area (Å²) in [7, 11) is 0. The minimum atomic E-state index is -0.599. The number of aromatic nitrogens is 2. The smallest absolute Gasteiger partial charge is 0.312 e. The van der Waals surface area contributed by atoms with Gasteiger partial charge in [-0.05, 0) is 38.7 Å². The molecular weight excluding hydrogens is 462 g/mol. The number of rotatable bonds is 6. The Labute approximate surface area is 200 Å². The zero-order chi connectivity index (χ0) is 23.5. The molecule has 2 aromatic heterocycles. The molecule has 1 aliphatic carbocycles. The molecule has 3 amide bonds. The van der Waals surface area contributed by atoms with E-state index in [9.17, 15) is 19.2 Å². The number of thiophene rings is 1. The highest BCUT2D eigenvalue weighted by molar-refractivity contribution is 7.98. The van der Waals surface area contributed by atoms with Crippen molar-refractivity contribution >= 4 is 51.0 Å². The highest BCUT2D eigenvalue weighted by Crippen LogP contribution is 2.34. The lowest BCUT2D eigenvalue weighted by Gasteiger charge is -2.34. The zero-order valence-corrected chi connectivity index (χ0v) is 20.6. The molecule has 2 N–H and O–H groups in total. The van der Waals surface area contributed by atoms with E-state index in [1.54, 1.807) is 41.8 Å². The molecule has 0 atom stereocenters. The second-order valence-corrected chi connectivity index (χ2v) is 10.8. The summed E-state index contributed by atoms with van der Waals surface area (Å²) in [5, 5.41) is 3.36. The summed E-state index contributed by atoms with van der Waals surface area (Å²) in [6.45, 7) is 5.19. The van der Waals surface area contributed by atoms with Crippen molar-refractivity contribution < 1.29 is 14.4 Å². The molecule has 0 aromatic carbocycles. The maximum atomic E-state index is 12.5. The fourth-order valence-electron chi connectivity index (χ4n) is 4.23. The average molecular weight is 492 g/mol. The fourth-order valence-corrected chi connectivity index (χ4v) is 6.30. The van der Waals surface area contributed by atoms with Gasteiger partial charge >= 0.3 is 11.8 Å². The summed E-state index contributed by atoms with van der Waals surface area (Å²) in [5.74, 6) is 0.717. The number of hydrogen-bond donors (Lipinski definition) is 2. The van der Waals surface area contributed by atoms with Crippen molar-refractivity contribution in [1.82, 2.24) is 25.1 Å². The maximum Gasteiger partial charge on any atom is 0.312 e. The van der Waals surface area contributed by atoms with Crippen molar-refractivity contribution in [2.24, 2.45) is 0 Å². The number of carbonyl (C=O) groups excluding carboxylic acids is 3. The largest absolute Gasteiger partial charge is 0.346 e. The lowest BCUT2D eigenvalue weighted by Crippen LogP contribution is -2.54.